The topological polar surface area (TPSA) is 26.3 Å². The van der Waals surface area contributed by atoms with Gasteiger partial charge in [-0.25, -0.2) is 4.79 Å². The van der Waals surface area contributed by atoms with Crippen LogP contribution in [-0.4, -0.2) is 12.6 Å². The first-order chi connectivity index (χ1) is 6.15. The van der Waals surface area contributed by atoms with Crippen LogP contribution in [0.5, 0.6) is 0 Å². The molecule has 0 aliphatic carbocycles. The Morgan fingerprint density at radius 1 is 1.38 bits per heavy atom. The summed E-state index contributed by atoms with van der Waals surface area (Å²) in [6.07, 6.45) is 0. The Morgan fingerprint density at radius 3 is 2.62 bits per heavy atom. The molecule has 2 heteroatoms. The first-order valence-electron chi connectivity index (χ1n) is 4.39. The zero-order chi connectivity index (χ0) is 9.84. The third-order valence-electron chi connectivity index (χ3n) is 1.88. The third-order valence-corrected chi connectivity index (χ3v) is 1.88. The van der Waals surface area contributed by atoms with Crippen molar-refractivity contribution in [3.63, 3.8) is 0 Å². The molecule has 1 rings (SSSR count). The first-order valence-corrected chi connectivity index (χ1v) is 4.39. The summed E-state index contributed by atoms with van der Waals surface area (Å²) in [6.45, 7) is 6.15. The van der Waals surface area contributed by atoms with Gasteiger partial charge in [0.15, 0.2) is 0 Å². The van der Waals surface area contributed by atoms with Gasteiger partial charge >= 0.3 is 5.97 Å². The second-order valence-corrected chi connectivity index (χ2v) is 3.04. The van der Waals surface area contributed by atoms with E-state index in [2.05, 4.69) is 0 Å². The van der Waals surface area contributed by atoms with Crippen molar-refractivity contribution in [2.24, 2.45) is 0 Å². The van der Waals surface area contributed by atoms with Crippen molar-refractivity contribution in [2.45, 2.75) is 20.8 Å². The van der Waals surface area contributed by atoms with E-state index in [1.165, 1.54) is 0 Å². The number of esters is 1. The summed E-state index contributed by atoms with van der Waals surface area (Å²) in [5.41, 5.74) is 2.79. The molecule has 0 amide bonds. The zero-order valence-electron chi connectivity index (χ0n) is 8.26. The lowest BCUT2D eigenvalue weighted by Gasteiger charge is -2.05. The lowest BCUT2D eigenvalue weighted by Crippen LogP contribution is -2.06. The zero-order valence-corrected chi connectivity index (χ0v) is 8.26. The van der Waals surface area contributed by atoms with Gasteiger partial charge in [0, 0.05) is 0 Å². The van der Waals surface area contributed by atoms with E-state index in [9.17, 15) is 4.79 Å². The molecule has 2 nitrogen and oxygen atoms in total. The van der Waals surface area contributed by atoms with Gasteiger partial charge in [-0.15, -0.1) is 0 Å². The second kappa shape index (κ2) is 4.08. The molecule has 13 heavy (non-hydrogen) atoms. The lowest BCUT2D eigenvalue weighted by molar-refractivity contribution is 0.0525. The first kappa shape index (κ1) is 9.78. The van der Waals surface area contributed by atoms with E-state index >= 15 is 0 Å². The van der Waals surface area contributed by atoms with E-state index in [1.54, 1.807) is 6.92 Å². The number of rotatable bonds is 2. The SMILES string of the molecule is CCOC(=O)c1ccc(C)cc1C. The van der Waals surface area contributed by atoms with Crippen LogP contribution in [0.15, 0.2) is 18.2 Å². The van der Waals surface area contributed by atoms with Crippen molar-refractivity contribution in [3.05, 3.63) is 34.9 Å². The van der Waals surface area contributed by atoms with Gasteiger partial charge in [0.2, 0.25) is 0 Å². The van der Waals surface area contributed by atoms with Gasteiger partial charge in [-0.3, -0.25) is 0 Å². The molecule has 1 aromatic rings. The number of hydrogen-bond donors (Lipinski definition) is 0. The van der Waals surface area contributed by atoms with E-state index in [4.69, 9.17) is 4.74 Å². The maximum absolute atomic E-state index is 11.4. The quantitative estimate of drug-likeness (QED) is 0.650. The van der Waals surface area contributed by atoms with Gasteiger partial charge in [0.25, 0.3) is 0 Å². The minimum absolute atomic E-state index is 0.236. The summed E-state index contributed by atoms with van der Waals surface area (Å²) >= 11 is 0. The lowest BCUT2D eigenvalue weighted by atomic mass is 10.1. The Labute approximate surface area is 78.5 Å². The Kier molecular flexibility index (Phi) is 3.07. The molecule has 0 saturated heterocycles. The number of aryl methyl sites for hydroxylation is 2. The molecule has 0 atom stereocenters. The van der Waals surface area contributed by atoms with Crippen molar-refractivity contribution in [3.8, 4) is 0 Å². The molecule has 0 saturated carbocycles. The number of ether oxygens (including phenoxy) is 1. The maximum atomic E-state index is 11.4. The van der Waals surface area contributed by atoms with Crippen LogP contribution in [0.1, 0.15) is 28.4 Å². The molecular formula is C11H14O2. The normalized spacial score (nSPS) is 9.77. The monoisotopic (exact) mass is 178 g/mol. The van der Waals surface area contributed by atoms with Gasteiger partial charge in [-0.1, -0.05) is 17.7 Å². The molecule has 0 bridgehead atoms. The molecule has 0 aliphatic rings. The summed E-state index contributed by atoms with van der Waals surface area (Å²) < 4.78 is 4.91. The van der Waals surface area contributed by atoms with Gasteiger partial charge < -0.3 is 4.74 Å². The summed E-state index contributed by atoms with van der Waals surface area (Å²) in [5, 5.41) is 0. The van der Waals surface area contributed by atoms with Crippen LogP contribution in [0.2, 0.25) is 0 Å². The molecular weight excluding hydrogens is 164 g/mol. The summed E-state index contributed by atoms with van der Waals surface area (Å²) in [4.78, 5) is 11.4. The fraction of sp³-hybridized carbons (Fsp3) is 0.364. The molecule has 0 heterocycles. The Balaban J connectivity index is 2.95. The van der Waals surface area contributed by atoms with Crippen molar-refractivity contribution < 1.29 is 9.53 Å². The standard InChI is InChI=1S/C11H14O2/c1-4-13-11(12)10-6-5-8(2)7-9(10)3/h5-7H,4H2,1-3H3. The largest absolute Gasteiger partial charge is 0.462 e. The second-order valence-electron chi connectivity index (χ2n) is 3.04. The molecule has 0 aromatic heterocycles. The Morgan fingerprint density at radius 2 is 2.08 bits per heavy atom. The third kappa shape index (κ3) is 2.31. The van der Waals surface area contributed by atoms with Crippen LogP contribution >= 0.6 is 0 Å². The van der Waals surface area contributed by atoms with E-state index in [0.29, 0.717) is 12.2 Å². The predicted octanol–water partition coefficient (Wildman–Crippen LogP) is 2.48. The smallest absolute Gasteiger partial charge is 0.338 e. The maximum Gasteiger partial charge on any atom is 0.338 e. The average molecular weight is 178 g/mol. The van der Waals surface area contributed by atoms with Gasteiger partial charge in [-0.05, 0) is 32.4 Å². The number of carbonyl (C=O) groups excluding carboxylic acids is 1. The van der Waals surface area contributed by atoms with Crippen LogP contribution in [0, 0.1) is 13.8 Å². The van der Waals surface area contributed by atoms with Crippen LogP contribution in [0.25, 0.3) is 0 Å². The highest BCUT2D eigenvalue weighted by Crippen LogP contribution is 2.11. The van der Waals surface area contributed by atoms with Crippen LogP contribution < -0.4 is 0 Å². The molecule has 0 spiro atoms. The fourth-order valence-corrected chi connectivity index (χ4v) is 1.25. The van der Waals surface area contributed by atoms with Gasteiger partial charge in [0.1, 0.15) is 0 Å². The average Bonchev–Trinajstić information content (AvgIpc) is 2.04. The van der Waals surface area contributed by atoms with E-state index in [0.717, 1.165) is 11.1 Å². The highest BCUT2D eigenvalue weighted by molar-refractivity contribution is 5.91. The molecule has 70 valence electrons. The minimum Gasteiger partial charge on any atom is -0.462 e. The Hall–Kier alpha value is -1.31. The summed E-state index contributed by atoms with van der Waals surface area (Å²) in [5.74, 6) is -0.236. The van der Waals surface area contributed by atoms with Crippen molar-refractivity contribution in [2.75, 3.05) is 6.61 Å². The summed E-state index contributed by atoms with van der Waals surface area (Å²) in [7, 11) is 0. The Bertz CT molecular complexity index is 316. The van der Waals surface area contributed by atoms with Crippen LogP contribution in [0.3, 0.4) is 0 Å². The predicted molar refractivity (Wildman–Crippen MR) is 51.9 cm³/mol. The minimum atomic E-state index is -0.236. The molecule has 1 aromatic carbocycles. The summed E-state index contributed by atoms with van der Waals surface area (Å²) in [6, 6.07) is 5.70. The van der Waals surface area contributed by atoms with E-state index in [-0.39, 0.29) is 5.97 Å². The molecule has 0 fully saturated rings. The molecule has 0 radical (unpaired) electrons. The highest BCUT2D eigenvalue weighted by Gasteiger charge is 2.08. The van der Waals surface area contributed by atoms with Gasteiger partial charge in [0.05, 0.1) is 12.2 Å². The molecule has 0 N–H and O–H groups in total. The van der Waals surface area contributed by atoms with Crippen molar-refractivity contribution in [1.29, 1.82) is 0 Å². The van der Waals surface area contributed by atoms with E-state index in [1.807, 2.05) is 32.0 Å². The fourth-order valence-electron chi connectivity index (χ4n) is 1.25. The van der Waals surface area contributed by atoms with Crippen LogP contribution in [0.4, 0.5) is 0 Å². The number of carbonyl (C=O) groups is 1. The van der Waals surface area contributed by atoms with Crippen LogP contribution in [-0.2, 0) is 4.74 Å². The molecule has 0 aliphatic heterocycles. The number of hydrogen-bond acceptors (Lipinski definition) is 2. The molecule has 0 unspecified atom stereocenters. The van der Waals surface area contributed by atoms with E-state index < -0.39 is 0 Å². The van der Waals surface area contributed by atoms with Crippen molar-refractivity contribution >= 4 is 5.97 Å². The van der Waals surface area contributed by atoms with Crippen molar-refractivity contribution in [1.82, 2.24) is 0 Å². The van der Waals surface area contributed by atoms with Gasteiger partial charge in [-0.2, -0.15) is 0 Å². The highest BCUT2D eigenvalue weighted by atomic mass is 16.5. The number of benzene rings is 1.